The Morgan fingerprint density at radius 3 is 2.65 bits per heavy atom. The van der Waals surface area contributed by atoms with Gasteiger partial charge < -0.3 is 11.1 Å². The van der Waals surface area contributed by atoms with Crippen molar-refractivity contribution in [3.05, 3.63) is 47.7 Å². The van der Waals surface area contributed by atoms with Crippen LogP contribution in [0.4, 0.5) is 30.8 Å². The van der Waals surface area contributed by atoms with Crippen molar-refractivity contribution in [3.8, 4) is 0 Å². The van der Waals surface area contributed by atoms with Crippen LogP contribution in [0.2, 0.25) is 0 Å². The van der Waals surface area contributed by atoms with E-state index in [1.807, 2.05) is 0 Å². The predicted octanol–water partition coefficient (Wildman–Crippen LogP) is 2.89. The third-order valence-corrected chi connectivity index (χ3v) is 2.57. The van der Waals surface area contributed by atoms with Gasteiger partial charge in [-0.2, -0.15) is 0 Å². The molecule has 2 amide bonds. The highest BCUT2D eigenvalue weighted by Gasteiger charge is 2.09. The molecular weight excluding hydrogens is 266 g/mol. The van der Waals surface area contributed by atoms with Gasteiger partial charge in [-0.15, -0.1) is 0 Å². The number of carbonyl (C=O) groups excluding carboxylic acids is 1. The number of nitrogens with one attached hydrogen (secondary N) is 2. The van der Waals surface area contributed by atoms with Gasteiger partial charge in [-0.1, -0.05) is 0 Å². The highest BCUT2D eigenvalue weighted by Crippen LogP contribution is 2.16. The van der Waals surface area contributed by atoms with Gasteiger partial charge in [0.25, 0.3) is 0 Å². The summed E-state index contributed by atoms with van der Waals surface area (Å²) < 4.78 is 26.1. The Bertz CT molecular complexity index is 661. The van der Waals surface area contributed by atoms with Crippen LogP contribution in [0.3, 0.4) is 0 Å². The van der Waals surface area contributed by atoms with Crippen molar-refractivity contribution in [2.75, 3.05) is 16.4 Å². The molecule has 0 aliphatic rings. The highest BCUT2D eigenvalue weighted by atomic mass is 19.1. The first kappa shape index (κ1) is 13.7. The second kappa shape index (κ2) is 5.52. The zero-order chi connectivity index (χ0) is 14.7. The molecule has 2 aromatic rings. The van der Waals surface area contributed by atoms with Crippen LogP contribution in [0.1, 0.15) is 5.56 Å². The van der Waals surface area contributed by atoms with E-state index in [1.165, 1.54) is 6.20 Å². The number of amides is 2. The fourth-order valence-electron chi connectivity index (χ4n) is 1.50. The fraction of sp³-hybridized carbons (Fsp3) is 0.0769. The molecule has 0 bridgehead atoms. The number of hydrogen-bond acceptors (Lipinski definition) is 3. The molecule has 1 aromatic carbocycles. The molecule has 2 rings (SSSR count). The molecule has 1 aromatic heterocycles. The van der Waals surface area contributed by atoms with Crippen LogP contribution >= 0.6 is 0 Å². The number of nitrogens with zero attached hydrogens (tertiary/aromatic N) is 1. The number of nitrogens with two attached hydrogens (primary N) is 1. The summed E-state index contributed by atoms with van der Waals surface area (Å²) in [7, 11) is 0. The largest absolute Gasteiger partial charge is 0.397 e. The molecule has 1 heterocycles. The minimum Gasteiger partial charge on any atom is -0.397 e. The van der Waals surface area contributed by atoms with Crippen LogP contribution in [0.25, 0.3) is 0 Å². The Hall–Kier alpha value is -2.70. The third kappa shape index (κ3) is 3.19. The smallest absolute Gasteiger partial charge is 0.324 e. The standard InChI is InChI=1S/C13H12F2N4O/c1-7-4-12(17-6-10(7)16)19-13(20)18-11-3-2-8(14)5-9(11)15/h2-6H,16H2,1H3,(H2,17,18,19,20). The second-order valence-corrected chi connectivity index (χ2v) is 4.13. The highest BCUT2D eigenvalue weighted by molar-refractivity contribution is 5.99. The molecule has 0 unspecified atom stereocenters. The molecule has 0 aliphatic carbocycles. The number of hydrogen-bond donors (Lipinski definition) is 3. The molecule has 0 saturated heterocycles. The lowest BCUT2D eigenvalue weighted by atomic mass is 10.2. The molecule has 104 valence electrons. The van der Waals surface area contributed by atoms with Gasteiger partial charge in [-0.05, 0) is 30.7 Å². The first-order chi connectivity index (χ1) is 9.45. The van der Waals surface area contributed by atoms with Gasteiger partial charge in [0.1, 0.15) is 17.5 Å². The summed E-state index contributed by atoms with van der Waals surface area (Å²) >= 11 is 0. The average molecular weight is 278 g/mol. The average Bonchev–Trinajstić information content (AvgIpc) is 2.37. The summed E-state index contributed by atoms with van der Waals surface area (Å²) in [6.07, 6.45) is 1.41. The van der Waals surface area contributed by atoms with Crippen molar-refractivity contribution in [2.24, 2.45) is 0 Å². The molecule has 20 heavy (non-hydrogen) atoms. The van der Waals surface area contributed by atoms with E-state index in [2.05, 4.69) is 15.6 Å². The number of aromatic nitrogens is 1. The summed E-state index contributed by atoms with van der Waals surface area (Å²) in [5.74, 6) is -1.30. The molecule has 0 aliphatic heterocycles. The van der Waals surface area contributed by atoms with Crippen molar-refractivity contribution < 1.29 is 13.6 Å². The van der Waals surface area contributed by atoms with Crippen molar-refractivity contribution in [1.29, 1.82) is 0 Å². The van der Waals surface area contributed by atoms with E-state index >= 15 is 0 Å². The van der Waals surface area contributed by atoms with E-state index in [0.29, 0.717) is 11.8 Å². The molecule has 0 radical (unpaired) electrons. The van der Waals surface area contributed by atoms with Gasteiger partial charge in [-0.3, -0.25) is 5.32 Å². The maximum Gasteiger partial charge on any atom is 0.324 e. The minimum absolute atomic E-state index is 0.129. The molecule has 0 atom stereocenters. The number of nitrogen functional groups attached to an aromatic ring is 1. The van der Waals surface area contributed by atoms with E-state index in [0.717, 1.165) is 17.7 Å². The zero-order valence-corrected chi connectivity index (χ0v) is 10.6. The SMILES string of the molecule is Cc1cc(NC(=O)Nc2ccc(F)cc2F)ncc1N. The van der Waals surface area contributed by atoms with E-state index < -0.39 is 17.7 Å². The number of halogens is 2. The summed E-state index contributed by atoms with van der Waals surface area (Å²) in [5.41, 5.74) is 6.73. The number of urea groups is 1. The summed E-state index contributed by atoms with van der Waals surface area (Å²) in [6.45, 7) is 1.76. The van der Waals surface area contributed by atoms with Crippen molar-refractivity contribution >= 4 is 23.2 Å². The van der Waals surface area contributed by atoms with E-state index in [4.69, 9.17) is 5.73 Å². The molecule has 0 spiro atoms. The number of benzene rings is 1. The Morgan fingerprint density at radius 2 is 2.00 bits per heavy atom. The Balaban J connectivity index is 2.07. The van der Waals surface area contributed by atoms with Crippen LogP contribution in [0.5, 0.6) is 0 Å². The van der Waals surface area contributed by atoms with Crippen LogP contribution in [-0.4, -0.2) is 11.0 Å². The van der Waals surface area contributed by atoms with Gasteiger partial charge in [0, 0.05) is 6.07 Å². The van der Waals surface area contributed by atoms with Gasteiger partial charge in [0.2, 0.25) is 0 Å². The van der Waals surface area contributed by atoms with E-state index in [9.17, 15) is 13.6 Å². The molecule has 0 fully saturated rings. The number of carbonyl (C=O) groups is 1. The summed E-state index contributed by atoms with van der Waals surface area (Å²) in [5, 5.41) is 4.68. The normalized spacial score (nSPS) is 10.2. The number of rotatable bonds is 2. The predicted molar refractivity (Wildman–Crippen MR) is 72.4 cm³/mol. The Kier molecular flexibility index (Phi) is 3.79. The minimum atomic E-state index is -0.860. The molecule has 5 nitrogen and oxygen atoms in total. The second-order valence-electron chi connectivity index (χ2n) is 4.13. The number of anilines is 3. The molecule has 4 N–H and O–H groups in total. The monoisotopic (exact) mass is 278 g/mol. The number of aryl methyl sites for hydroxylation is 1. The maximum absolute atomic E-state index is 13.4. The first-order valence-corrected chi connectivity index (χ1v) is 5.71. The fourth-order valence-corrected chi connectivity index (χ4v) is 1.50. The van der Waals surface area contributed by atoms with Crippen LogP contribution in [0.15, 0.2) is 30.5 Å². The lowest BCUT2D eigenvalue weighted by molar-refractivity contribution is 0.262. The van der Waals surface area contributed by atoms with Gasteiger partial charge in [-0.25, -0.2) is 18.6 Å². The van der Waals surface area contributed by atoms with Gasteiger partial charge in [0.15, 0.2) is 0 Å². The van der Waals surface area contributed by atoms with Gasteiger partial charge >= 0.3 is 6.03 Å². The van der Waals surface area contributed by atoms with E-state index in [-0.39, 0.29) is 11.5 Å². The maximum atomic E-state index is 13.4. The lowest BCUT2D eigenvalue weighted by Gasteiger charge is -2.09. The van der Waals surface area contributed by atoms with Crippen LogP contribution < -0.4 is 16.4 Å². The summed E-state index contributed by atoms with van der Waals surface area (Å²) in [4.78, 5) is 15.6. The van der Waals surface area contributed by atoms with Crippen molar-refractivity contribution in [2.45, 2.75) is 6.92 Å². The molecule has 0 saturated carbocycles. The Labute approximate surface area is 113 Å². The van der Waals surface area contributed by atoms with Crippen LogP contribution in [-0.2, 0) is 0 Å². The van der Waals surface area contributed by atoms with E-state index in [1.54, 1.807) is 13.0 Å². The summed E-state index contributed by atoms with van der Waals surface area (Å²) in [6, 6.07) is 3.75. The van der Waals surface area contributed by atoms with Crippen LogP contribution in [0, 0.1) is 18.6 Å². The number of pyridine rings is 1. The van der Waals surface area contributed by atoms with Crippen molar-refractivity contribution in [3.63, 3.8) is 0 Å². The third-order valence-electron chi connectivity index (χ3n) is 2.57. The molecular formula is C13H12F2N4O. The van der Waals surface area contributed by atoms with Gasteiger partial charge in [0.05, 0.1) is 17.6 Å². The Morgan fingerprint density at radius 1 is 1.25 bits per heavy atom. The van der Waals surface area contributed by atoms with Crippen molar-refractivity contribution in [1.82, 2.24) is 4.98 Å². The quantitative estimate of drug-likeness (QED) is 0.790. The molecule has 7 heteroatoms. The zero-order valence-electron chi connectivity index (χ0n) is 10.6. The first-order valence-electron chi connectivity index (χ1n) is 5.71. The lowest BCUT2D eigenvalue weighted by Crippen LogP contribution is -2.21. The topological polar surface area (TPSA) is 80.0 Å².